The number of aromatic nitrogens is 3. The smallest absolute Gasteiger partial charge is 0.233 e. The highest BCUT2D eigenvalue weighted by Crippen LogP contribution is 2.30. The number of nitrogens with one attached hydrogen (secondary N) is 1. The number of rotatable bonds is 7. The van der Waals surface area contributed by atoms with Crippen molar-refractivity contribution in [2.75, 3.05) is 6.54 Å². The third kappa shape index (κ3) is 4.86. The summed E-state index contributed by atoms with van der Waals surface area (Å²) in [5.41, 5.74) is 6.56. The zero-order chi connectivity index (χ0) is 21.0. The predicted octanol–water partition coefficient (Wildman–Crippen LogP) is 3.72. The van der Waals surface area contributed by atoms with Gasteiger partial charge in [-0.15, -0.1) is 0 Å². The predicted molar refractivity (Wildman–Crippen MR) is 119 cm³/mol. The quantitative estimate of drug-likeness (QED) is 0.630. The Labute approximate surface area is 177 Å². The fourth-order valence-electron chi connectivity index (χ4n) is 3.79. The average Bonchev–Trinajstić information content (AvgIpc) is 3.13. The van der Waals surface area contributed by atoms with Crippen LogP contribution in [0.5, 0.6) is 0 Å². The van der Waals surface area contributed by atoms with Crippen molar-refractivity contribution in [2.45, 2.75) is 39.2 Å². The summed E-state index contributed by atoms with van der Waals surface area (Å²) in [4.78, 5) is 4.09. The molecule has 7 heteroatoms. The largest absolute Gasteiger partial charge is 0.267 e. The number of nitrogens with zero attached hydrogens (tertiary/aromatic N) is 3. The van der Waals surface area contributed by atoms with Gasteiger partial charge in [0.2, 0.25) is 10.0 Å². The van der Waals surface area contributed by atoms with E-state index in [1.165, 1.54) is 16.7 Å². The molecule has 30 heavy (non-hydrogen) atoms. The Morgan fingerprint density at radius 1 is 1.07 bits per heavy atom. The third-order valence-electron chi connectivity index (χ3n) is 5.35. The van der Waals surface area contributed by atoms with Gasteiger partial charge in [-0.05, 0) is 56.4 Å². The molecule has 0 bridgehead atoms. The molecule has 0 atom stereocenters. The number of fused-ring (bicyclic) bond motifs is 1. The number of hydrogen-bond donors (Lipinski definition) is 1. The van der Waals surface area contributed by atoms with Crippen LogP contribution in [0, 0.1) is 6.92 Å². The molecule has 2 heterocycles. The van der Waals surface area contributed by atoms with Crippen molar-refractivity contribution in [3.63, 3.8) is 0 Å². The number of sulfonamides is 1. The van der Waals surface area contributed by atoms with Crippen LogP contribution in [0.3, 0.4) is 0 Å². The first kappa shape index (κ1) is 20.5. The lowest BCUT2D eigenvalue weighted by Crippen LogP contribution is -2.26. The summed E-state index contributed by atoms with van der Waals surface area (Å²) in [7, 11) is -3.51. The van der Waals surface area contributed by atoms with Crippen LogP contribution in [0.1, 0.15) is 35.2 Å². The van der Waals surface area contributed by atoms with E-state index in [1.807, 2.05) is 48.0 Å². The lowest BCUT2D eigenvalue weighted by Gasteiger charge is -2.14. The molecule has 0 amide bonds. The molecular formula is C23H26N4O2S. The molecule has 1 aliphatic carbocycles. The topological polar surface area (TPSA) is 76.9 Å². The van der Waals surface area contributed by atoms with Crippen molar-refractivity contribution in [1.29, 1.82) is 0 Å². The Balaban J connectivity index is 1.45. The number of aryl methyl sites for hydroxylation is 1. The van der Waals surface area contributed by atoms with Crippen LogP contribution in [-0.4, -0.2) is 29.7 Å². The van der Waals surface area contributed by atoms with E-state index in [0.29, 0.717) is 13.1 Å². The second-order valence-electron chi connectivity index (χ2n) is 7.59. The molecule has 0 saturated heterocycles. The van der Waals surface area contributed by atoms with Gasteiger partial charge >= 0.3 is 0 Å². The zero-order valence-corrected chi connectivity index (χ0v) is 17.9. The Hall–Kier alpha value is -2.77. The third-order valence-corrected chi connectivity index (χ3v) is 6.46. The van der Waals surface area contributed by atoms with Gasteiger partial charge in [0.25, 0.3) is 0 Å². The van der Waals surface area contributed by atoms with Crippen LogP contribution < -0.4 is 4.72 Å². The van der Waals surface area contributed by atoms with Gasteiger partial charge in [0.05, 0.1) is 12.2 Å². The molecular weight excluding hydrogens is 396 g/mol. The Bertz CT molecular complexity index is 1130. The van der Waals surface area contributed by atoms with E-state index in [-0.39, 0.29) is 0 Å². The molecule has 0 saturated carbocycles. The van der Waals surface area contributed by atoms with Crippen LogP contribution in [0.2, 0.25) is 0 Å². The van der Waals surface area contributed by atoms with Gasteiger partial charge in [0.1, 0.15) is 0 Å². The first-order valence-corrected chi connectivity index (χ1v) is 11.8. The van der Waals surface area contributed by atoms with Crippen molar-refractivity contribution in [3.05, 3.63) is 76.6 Å². The SMILES string of the molecule is Cc1ccc(/C=C/S(=O)(=O)NCCn2nc(-c3ccncc3)c3c2CCCC3)cc1. The van der Waals surface area contributed by atoms with E-state index in [2.05, 4.69) is 9.71 Å². The van der Waals surface area contributed by atoms with Crippen LogP contribution in [0.15, 0.2) is 54.2 Å². The van der Waals surface area contributed by atoms with Crippen LogP contribution >= 0.6 is 0 Å². The van der Waals surface area contributed by atoms with Crippen LogP contribution in [-0.2, 0) is 29.4 Å². The molecule has 0 spiro atoms. The van der Waals surface area contributed by atoms with E-state index in [1.54, 1.807) is 18.5 Å². The molecule has 1 N–H and O–H groups in total. The van der Waals surface area contributed by atoms with Gasteiger partial charge in [0, 0.05) is 41.2 Å². The second-order valence-corrected chi connectivity index (χ2v) is 9.24. The Kier molecular flexibility index (Phi) is 6.11. The highest BCUT2D eigenvalue weighted by atomic mass is 32.2. The van der Waals surface area contributed by atoms with Crippen molar-refractivity contribution < 1.29 is 8.42 Å². The van der Waals surface area contributed by atoms with E-state index in [4.69, 9.17) is 5.10 Å². The van der Waals surface area contributed by atoms with Crippen LogP contribution in [0.25, 0.3) is 17.3 Å². The Morgan fingerprint density at radius 2 is 1.80 bits per heavy atom. The van der Waals surface area contributed by atoms with Gasteiger partial charge in [-0.3, -0.25) is 9.67 Å². The normalized spacial score (nSPS) is 14.2. The molecule has 3 aromatic rings. The minimum atomic E-state index is -3.51. The van der Waals surface area contributed by atoms with Gasteiger partial charge in [-0.1, -0.05) is 29.8 Å². The second kappa shape index (κ2) is 8.93. The highest BCUT2D eigenvalue weighted by Gasteiger charge is 2.21. The minimum Gasteiger partial charge on any atom is -0.267 e. The molecule has 0 fully saturated rings. The van der Waals surface area contributed by atoms with E-state index in [9.17, 15) is 8.42 Å². The molecule has 0 unspecified atom stereocenters. The Morgan fingerprint density at radius 3 is 2.57 bits per heavy atom. The fraction of sp³-hybridized carbons (Fsp3) is 0.304. The molecule has 6 nitrogen and oxygen atoms in total. The van der Waals surface area contributed by atoms with E-state index >= 15 is 0 Å². The van der Waals surface area contributed by atoms with E-state index < -0.39 is 10.0 Å². The fourth-order valence-corrected chi connectivity index (χ4v) is 4.59. The molecule has 2 aromatic heterocycles. The molecule has 0 aliphatic heterocycles. The van der Waals surface area contributed by atoms with Gasteiger partial charge in [-0.25, -0.2) is 13.1 Å². The minimum absolute atomic E-state index is 0.296. The standard InChI is InChI=1S/C23H26N4O2S/c1-18-6-8-19(9-7-18)12-17-30(28,29)25-15-16-27-22-5-3-2-4-21(22)23(26-27)20-10-13-24-14-11-20/h6-14,17,25H,2-5,15-16H2,1H3/b17-12+. The van der Waals surface area contributed by atoms with Crippen LogP contribution in [0.4, 0.5) is 0 Å². The maximum Gasteiger partial charge on any atom is 0.233 e. The van der Waals surface area contributed by atoms with Gasteiger partial charge in [-0.2, -0.15) is 5.10 Å². The molecule has 4 rings (SSSR count). The number of pyridine rings is 1. The summed E-state index contributed by atoms with van der Waals surface area (Å²) in [5.74, 6) is 0. The number of benzene rings is 1. The summed E-state index contributed by atoms with van der Waals surface area (Å²) in [5, 5.41) is 6.04. The summed E-state index contributed by atoms with van der Waals surface area (Å²) < 4.78 is 29.3. The molecule has 0 radical (unpaired) electrons. The molecule has 1 aromatic carbocycles. The van der Waals surface area contributed by atoms with Crippen molar-refractivity contribution in [2.24, 2.45) is 0 Å². The monoisotopic (exact) mass is 422 g/mol. The average molecular weight is 423 g/mol. The highest BCUT2D eigenvalue weighted by molar-refractivity contribution is 7.92. The maximum atomic E-state index is 12.3. The lowest BCUT2D eigenvalue weighted by molar-refractivity contribution is 0.542. The van der Waals surface area contributed by atoms with Crippen molar-refractivity contribution >= 4 is 16.1 Å². The summed E-state index contributed by atoms with van der Waals surface area (Å²) in [6.45, 7) is 2.80. The number of hydrogen-bond acceptors (Lipinski definition) is 4. The summed E-state index contributed by atoms with van der Waals surface area (Å²) >= 11 is 0. The maximum absolute atomic E-state index is 12.3. The van der Waals surface area contributed by atoms with Gasteiger partial charge in [0.15, 0.2) is 0 Å². The lowest BCUT2D eigenvalue weighted by atomic mass is 9.94. The van der Waals surface area contributed by atoms with Gasteiger partial charge < -0.3 is 0 Å². The zero-order valence-electron chi connectivity index (χ0n) is 17.1. The first-order valence-electron chi connectivity index (χ1n) is 10.3. The summed E-state index contributed by atoms with van der Waals surface area (Å²) in [6, 6.07) is 11.7. The first-order chi connectivity index (χ1) is 14.5. The molecule has 156 valence electrons. The van der Waals surface area contributed by atoms with E-state index in [0.717, 1.165) is 48.1 Å². The van der Waals surface area contributed by atoms with Crippen molar-refractivity contribution in [3.8, 4) is 11.3 Å². The van der Waals surface area contributed by atoms with Crippen molar-refractivity contribution in [1.82, 2.24) is 19.5 Å². The summed E-state index contributed by atoms with van der Waals surface area (Å²) in [6.07, 6.45) is 9.45. The molecule has 1 aliphatic rings.